The van der Waals surface area contributed by atoms with Gasteiger partial charge in [0, 0.05) is 39.1 Å². The normalized spacial score (nSPS) is 10.4. The predicted octanol–water partition coefficient (Wildman–Crippen LogP) is 5.69. The Kier molecular flexibility index (Phi) is 30.3. The number of carbonyl (C=O) groups is 1. The smallest absolute Gasteiger partial charge is 0.303 e. The molecule has 0 aromatic heterocycles. The van der Waals surface area contributed by atoms with Crippen molar-refractivity contribution in [1.29, 1.82) is 0 Å². The summed E-state index contributed by atoms with van der Waals surface area (Å²) in [7, 11) is 0. The zero-order valence-corrected chi connectivity index (χ0v) is 16.8. The van der Waals surface area contributed by atoms with Crippen molar-refractivity contribution in [3.05, 3.63) is 56.0 Å². The van der Waals surface area contributed by atoms with Crippen molar-refractivity contribution < 1.29 is 42.6 Å². The Balaban J connectivity index is -0.000000348. The fourth-order valence-corrected chi connectivity index (χ4v) is 1.45. The molecule has 3 heteroatoms. The molecule has 0 heterocycles. The molecule has 0 aliphatic heterocycles. The minimum Gasteiger partial charge on any atom is -0.481 e. The molecule has 0 bridgehead atoms. The second-order valence-electron chi connectivity index (χ2n) is 4.58. The molecule has 0 unspecified atom stereocenters. The van der Waals surface area contributed by atoms with E-state index in [0.29, 0.717) is 6.42 Å². The zero-order chi connectivity index (χ0) is 16.2. The van der Waals surface area contributed by atoms with E-state index in [0.717, 1.165) is 12.8 Å². The van der Waals surface area contributed by atoms with Gasteiger partial charge in [0.05, 0.1) is 0 Å². The van der Waals surface area contributed by atoms with Gasteiger partial charge in [-0.25, -0.2) is 31.2 Å². The Hall–Kier alpha value is -0.596. The summed E-state index contributed by atoms with van der Waals surface area (Å²) in [5, 5.41) is 8.33. The molecule has 123 valence electrons. The Morgan fingerprint density at radius 1 is 1.09 bits per heavy atom. The summed E-state index contributed by atoms with van der Waals surface area (Å²) in [6.45, 7) is 10.9. The summed E-state index contributed by atoms with van der Waals surface area (Å²) in [5.74, 6) is -0.731. The van der Waals surface area contributed by atoms with Gasteiger partial charge in [-0.05, 0) is 19.3 Å². The molecular weight excluding hydrogens is 349 g/mol. The largest absolute Gasteiger partial charge is 0.481 e. The van der Waals surface area contributed by atoms with Crippen molar-refractivity contribution in [3.63, 3.8) is 0 Å². The van der Waals surface area contributed by atoms with E-state index < -0.39 is 5.97 Å². The molecule has 0 aliphatic carbocycles. The standard InChI is InChI=1S/C11H15O2.C8H15.Y/c1-2-3-4-5-6-7-8-9-10-11(12)13;1-3-5-7-8-6-4-2;/h1-4,6-7H,5,8-10H2,(H,12,13);3,5H,1,4,6-8H2,2H3;/q2*-1;/b4-3-,7-6-;5-3-;. The summed E-state index contributed by atoms with van der Waals surface area (Å²) in [6, 6.07) is 0. The Bertz CT molecular complexity index is 317. The van der Waals surface area contributed by atoms with Gasteiger partial charge in [0.1, 0.15) is 0 Å². The molecule has 0 rings (SSSR count). The number of unbranched alkanes of at least 4 members (excludes halogenated alkanes) is 4. The van der Waals surface area contributed by atoms with Gasteiger partial charge in [0.15, 0.2) is 0 Å². The Labute approximate surface area is 162 Å². The average Bonchev–Trinajstić information content (AvgIpc) is 2.47. The van der Waals surface area contributed by atoms with Gasteiger partial charge in [0.25, 0.3) is 0 Å². The number of carboxylic acids is 1. The van der Waals surface area contributed by atoms with Crippen LogP contribution in [-0.2, 0) is 37.5 Å². The maximum absolute atomic E-state index is 10.1. The van der Waals surface area contributed by atoms with Crippen LogP contribution in [0.3, 0.4) is 0 Å². The molecule has 0 spiro atoms. The van der Waals surface area contributed by atoms with Gasteiger partial charge in [-0.15, -0.1) is 6.42 Å². The van der Waals surface area contributed by atoms with E-state index in [9.17, 15) is 4.79 Å². The third-order valence-electron chi connectivity index (χ3n) is 2.59. The average molecular weight is 379 g/mol. The number of allylic oxidation sites excluding steroid dienone is 7. The second kappa shape index (κ2) is 25.4. The summed E-state index contributed by atoms with van der Waals surface area (Å²) < 4.78 is 0. The van der Waals surface area contributed by atoms with Gasteiger partial charge in [-0.3, -0.25) is 11.4 Å². The van der Waals surface area contributed by atoms with Crippen LogP contribution >= 0.6 is 0 Å². The molecule has 0 fully saturated rings. The predicted molar refractivity (Wildman–Crippen MR) is 91.9 cm³/mol. The van der Waals surface area contributed by atoms with Crippen LogP contribution in [0.2, 0.25) is 0 Å². The fraction of sp³-hybridized carbons (Fsp3) is 0.474. The molecule has 0 aromatic carbocycles. The molecule has 1 radical (unpaired) electrons. The zero-order valence-electron chi connectivity index (χ0n) is 13.9. The van der Waals surface area contributed by atoms with E-state index in [2.05, 4.69) is 19.9 Å². The second-order valence-corrected chi connectivity index (χ2v) is 4.58. The third-order valence-corrected chi connectivity index (χ3v) is 2.59. The first kappa shape index (κ1) is 26.3. The topological polar surface area (TPSA) is 37.3 Å². The quantitative estimate of drug-likeness (QED) is 0.217. The molecule has 22 heavy (non-hydrogen) atoms. The Morgan fingerprint density at radius 3 is 2.32 bits per heavy atom. The molecule has 0 aromatic rings. The maximum atomic E-state index is 10.1. The summed E-state index contributed by atoms with van der Waals surface area (Å²) >= 11 is 0. The van der Waals surface area contributed by atoms with Crippen molar-refractivity contribution in [2.45, 2.75) is 58.3 Å². The van der Waals surface area contributed by atoms with Crippen LogP contribution in [0, 0.1) is 13.5 Å². The van der Waals surface area contributed by atoms with E-state index in [1.54, 1.807) is 6.08 Å². The van der Waals surface area contributed by atoms with Crippen molar-refractivity contribution in [2.75, 3.05) is 0 Å². The van der Waals surface area contributed by atoms with Crippen LogP contribution in [0.15, 0.2) is 42.5 Å². The van der Waals surface area contributed by atoms with Crippen LogP contribution in [0.4, 0.5) is 0 Å². The van der Waals surface area contributed by atoms with Crippen LogP contribution in [0.25, 0.3) is 0 Å². The molecule has 0 saturated heterocycles. The first-order valence-corrected chi connectivity index (χ1v) is 7.70. The number of hydrogen-bond donors (Lipinski definition) is 1. The van der Waals surface area contributed by atoms with Gasteiger partial charge in [-0.1, -0.05) is 38.3 Å². The van der Waals surface area contributed by atoms with E-state index in [4.69, 9.17) is 11.7 Å². The van der Waals surface area contributed by atoms with Crippen LogP contribution < -0.4 is 0 Å². The van der Waals surface area contributed by atoms with Crippen molar-refractivity contribution in [1.82, 2.24) is 0 Å². The number of rotatable bonds is 11. The number of carboxylic acid groups (broad SMARTS) is 1. The number of hydrogen-bond acceptors (Lipinski definition) is 1. The molecular formula is C19H30O2Y-2. The fourth-order valence-electron chi connectivity index (χ4n) is 1.45. The molecule has 0 atom stereocenters. The van der Waals surface area contributed by atoms with E-state index in [1.165, 1.54) is 31.8 Å². The molecule has 0 aliphatic rings. The van der Waals surface area contributed by atoms with E-state index in [1.807, 2.05) is 24.3 Å². The molecule has 0 amide bonds. The van der Waals surface area contributed by atoms with Crippen LogP contribution in [0.1, 0.15) is 58.3 Å². The van der Waals surface area contributed by atoms with Gasteiger partial charge >= 0.3 is 5.97 Å². The maximum Gasteiger partial charge on any atom is 0.303 e. The summed E-state index contributed by atoms with van der Waals surface area (Å²) in [6.07, 6.45) is 21.0. The summed E-state index contributed by atoms with van der Waals surface area (Å²) in [5.41, 5.74) is 0. The first-order chi connectivity index (χ1) is 10.2. The van der Waals surface area contributed by atoms with Gasteiger partial charge in [-0.2, -0.15) is 6.08 Å². The summed E-state index contributed by atoms with van der Waals surface area (Å²) in [4.78, 5) is 10.1. The van der Waals surface area contributed by atoms with Crippen molar-refractivity contribution in [2.24, 2.45) is 0 Å². The minimum atomic E-state index is -0.731. The van der Waals surface area contributed by atoms with Crippen LogP contribution in [-0.4, -0.2) is 11.1 Å². The number of aliphatic carboxylic acids is 1. The van der Waals surface area contributed by atoms with Crippen molar-refractivity contribution in [3.8, 4) is 0 Å². The SMILES string of the molecule is [CH-]=C/C=C\C/C=C\CCCC(=O)O.[CH2-]/C=C\CCCCC.[Y]. The third kappa shape index (κ3) is 31.7. The van der Waals surface area contributed by atoms with Crippen LogP contribution in [0.5, 0.6) is 0 Å². The molecule has 2 nitrogen and oxygen atoms in total. The molecule has 1 N–H and O–H groups in total. The molecule has 0 saturated carbocycles. The Morgan fingerprint density at radius 2 is 1.77 bits per heavy atom. The van der Waals surface area contributed by atoms with Gasteiger partial charge < -0.3 is 5.11 Å². The van der Waals surface area contributed by atoms with E-state index >= 15 is 0 Å². The van der Waals surface area contributed by atoms with E-state index in [-0.39, 0.29) is 39.1 Å². The van der Waals surface area contributed by atoms with Crippen molar-refractivity contribution >= 4 is 5.97 Å². The monoisotopic (exact) mass is 379 g/mol. The minimum absolute atomic E-state index is 0. The van der Waals surface area contributed by atoms with Gasteiger partial charge in [0.2, 0.25) is 0 Å². The first-order valence-electron chi connectivity index (χ1n) is 7.70.